The Labute approximate surface area is 121 Å². The first-order valence-corrected chi connectivity index (χ1v) is 7.12. The minimum absolute atomic E-state index is 0.135. The summed E-state index contributed by atoms with van der Waals surface area (Å²) < 4.78 is 5.59. The maximum absolute atomic E-state index is 12.9. The Bertz CT molecular complexity index is 653. The number of hydrogen-bond acceptors (Lipinski definition) is 3. The smallest absolute Gasteiger partial charge is 0.310 e. The highest BCUT2D eigenvalue weighted by Crippen LogP contribution is 2.42. The van der Waals surface area contributed by atoms with E-state index in [1.54, 1.807) is 11.0 Å². The molecule has 2 bridgehead atoms. The van der Waals surface area contributed by atoms with Crippen molar-refractivity contribution < 1.29 is 19.4 Å². The molecule has 0 saturated carbocycles. The number of carboxylic acid groups (broad SMARTS) is 1. The third kappa shape index (κ3) is 1.74. The maximum Gasteiger partial charge on any atom is 0.310 e. The quantitative estimate of drug-likeness (QED) is 0.830. The molecule has 108 valence electrons. The summed E-state index contributed by atoms with van der Waals surface area (Å²) in [5.74, 6) is -2.49. The molecule has 3 aliphatic heterocycles. The molecule has 1 saturated heterocycles. The number of nitrogens with zero attached hydrogens (tertiary/aromatic N) is 1. The summed E-state index contributed by atoms with van der Waals surface area (Å²) in [6, 6.07) is 7.78. The summed E-state index contributed by atoms with van der Waals surface area (Å²) in [7, 11) is 0. The van der Waals surface area contributed by atoms with Crippen molar-refractivity contribution in [3.8, 4) is 0 Å². The standard InChI is InChI=1S/C16H15NO4/c18-15(17-8-7-9-3-1-2-4-10(9)17)13-11-5-6-12(21-11)14(13)16(19)20/h1-6,11-14H,7-8H2,(H,19,20)/t11-,12-,13+,14-/m0/s1. The Balaban J connectivity index is 1.67. The number of hydrogen-bond donors (Lipinski definition) is 1. The fraction of sp³-hybridized carbons (Fsp3) is 0.375. The van der Waals surface area contributed by atoms with Gasteiger partial charge in [0.1, 0.15) is 5.92 Å². The average Bonchev–Trinajstić information content (AvgIpc) is 3.19. The highest BCUT2D eigenvalue weighted by Gasteiger charge is 2.54. The fourth-order valence-electron chi connectivity index (χ4n) is 3.64. The van der Waals surface area contributed by atoms with Crippen LogP contribution in [-0.2, 0) is 20.7 Å². The molecule has 1 amide bonds. The van der Waals surface area contributed by atoms with E-state index < -0.39 is 30.0 Å². The first-order valence-electron chi connectivity index (χ1n) is 7.12. The lowest BCUT2D eigenvalue weighted by Crippen LogP contribution is -2.44. The molecule has 3 heterocycles. The molecule has 4 atom stereocenters. The number of carbonyl (C=O) groups excluding carboxylic acids is 1. The van der Waals surface area contributed by atoms with E-state index >= 15 is 0 Å². The fourth-order valence-corrected chi connectivity index (χ4v) is 3.64. The van der Waals surface area contributed by atoms with Crippen LogP contribution < -0.4 is 4.90 Å². The number of aliphatic carboxylic acids is 1. The van der Waals surface area contributed by atoms with Gasteiger partial charge in [0.15, 0.2) is 0 Å². The summed E-state index contributed by atoms with van der Waals surface area (Å²) in [6.07, 6.45) is 3.51. The van der Waals surface area contributed by atoms with Crippen molar-refractivity contribution in [2.45, 2.75) is 18.6 Å². The van der Waals surface area contributed by atoms with Crippen molar-refractivity contribution >= 4 is 17.6 Å². The second kappa shape index (κ2) is 4.43. The molecule has 3 aliphatic rings. The zero-order valence-electron chi connectivity index (χ0n) is 11.3. The van der Waals surface area contributed by atoms with Crippen molar-refractivity contribution in [2.24, 2.45) is 11.8 Å². The van der Waals surface area contributed by atoms with Crippen LogP contribution in [0.1, 0.15) is 5.56 Å². The van der Waals surface area contributed by atoms with E-state index in [2.05, 4.69) is 0 Å². The third-order valence-corrected chi connectivity index (χ3v) is 4.62. The van der Waals surface area contributed by atoms with Gasteiger partial charge in [0.25, 0.3) is 0 Å². The molecule has 1 fully saturated rings. The summed E-state index contributed by atoms with van der Waals surface area (Å²) in [4.78, 5) is 26.1. The number of fused-ring (bicyclic) bond motifs is 3. The molecule has 0 aliphatic carbocycles. The minimum Gasteiger partial charge on any atom is -0.481 e. The second-order valence-electron chi connectivity index (χ2n) is 5.71. The van der Waals surface area contributed by atoms with Crippen LogP contribution in [0.4, 0.5) is 5.69 Å². The van der Waals surface area contributed by atoms with Gasteiger partial charge in [-0.3, -0.25) is 9.59 Å². The monoisotopic (exact) mass is 285 g/mol. The highest BCUT2D eigenvalue weighted by atomic mass is 16.5. The van der Waals surface area contributed by atoms with E-state index in [4.69, 9.17) is 4.74 Å². The van der Waals surface area contributed by atoms with Crippen molar-refractivity contribution in [2.75, 3.05) is 11.4 Å². The summed E-state index contributed by atoms with van der Waals surface area (Å²) in [6.45, 7) is 0.613. The predicted octanol–water partition coefficient (Wildman–Crippen LogP) is 1.23. The number of benzene rings is 1. The van der Waals surface area contributed by atoms with Crippen molar-refractivity contribution in [1.82, 2.24) is 0 Å². The van der Waals surface area contributed by atoms with E-state index in [9.17, 15) is 14.7 Å². The van der Waals surface area contributed by atoms with Gasteiger partial charge in [-0.1, -0.05) is 30.4 Å². The van der Waals surface area contributed by atoms with Gasteiger partial charge < -0.3 is 14.7 Å². The zero-order chi connectivity index (χ0) is 14.6. The molecule has 0 aromatic heterocycles. The second-order valence-corrected chi connectivity index (χ2v) is 5.71. The number of anilines is 1. The van der Waals surface area contributed by atoms with Crippen LogP contribution in [0.5, 0.6) is 0 Å². The maximum atomic E-state index is 12.9. The molecule has 4 rings (SSSR count). The largest absolute Gasteiger partial charge is 0.481 e. The van der Waals surface area contributed by atoms with Crippen molar-refractivity contribution in [1.29, 1.82) is 0 Å². The van der Waals surface area contributed by atoms with Crippen molar-refractivity contribution in [3.05, 3.63) is 42.0 Å². The first-order chi connectivity index (χ1) is 10.2. The topological polar surface area (TPSA) is 66.8 Å². The number of amides is 1. The Morgan fingerprint density at radius 3 is 2.62 bits per heavy atom. The van der Waals surface area contributed by atoms with E-state index in [1.165, 1.54) is 0 Å². The molecular formula is C16H15NO4. The van der Waals surface area contributed by atoms with Crippen LogP contribution >= 0.6 is 0 Å². The van der Waals surface area contributed by atoms with Crippen LogP contribution in [0.15, 0.2) is 36.4 Å². The molecule has 5 nitrogen and oxygen atoms in total. The summed E-state index contributed by atoms with van der Waals surface area (Å²) >= 11 is 0. The number of ether oxygens (including phenoxy) is 1. The minimum atomic E-state index is -0.960. The van der Waals surface area contributed by atoms with Crippen molar-refractivity contribution in [3.63, 3.8) is 0 Å². The van der Waals surface area contributed by atoms with Gasteiger partial charge in [-0.25, -0.2) is 0 Å². The lowest BCUT2D eigenvalue weighted by atomic mass is 9.82. The highest BCUT2D eigenvalue weighted by molar-refractivity contribution is 6.00. The van der Waals surface area contributed by atoms with Crippen LogP contribution in [0.2, 0.25) is 0 Å². The Hall–Kier alpha value is -2.14. The lowest BCUT2D eigenvalue weighted by Gasteiger charge is -2.26. The first kappa shape index (κ1) is 12.6. The molecule has 5 heteroatoms. The molecular weight excluding hydrogens is 270 g/mol. The molecule has 0 unspecified atom stereocenters. The number of carbonyl (C=O) groups is 2. The SMILES string of the molecule is O=C(O)[C@@H]1[C@H](C(=O)N2CCc3ccccc32)[C@@H]2C=C[C@@H]1O2. The molecule has 0 spiro atoms. The normalized spacial score (nSPS) is 32.5. The van der Waals surface area contributed by atoms with E-state index in [1.807, 2.05) is 30.3 Å². The van der Waals surface area contributed by atoms with E-state index in [0.717, 1.165) is 17.7 Å². The van der Waals surface area contributed by atoms with Gasteiger partial charge >= 0.3 is 5.97 Å². The van der Waals surface area contributed by atoms with Gasteiger partial charge in [-0.05, 0) is 18.1 Å². The molecule has 1 aromatic carbocycles. The van der Waals surface area contributed by atoms with Gasteiger partial charge in [0.2, 0.25) is 5.91 Å². The van der Waals surface area contributed by atoms with E-state index in [-0.39, 0.29) is 5.91 Å². The Morgan fingerprint density at radius 2 is 1.86 bits per heavy atom. The van der Waals surface area contributed by atoms with Crippen LogP contribution in [0.3, 0.4) is 0 Å². The lowest BCUT2D eigenvalue weighted by molar-refractivity contribution is -0.146. The van der Waals surface area contributed by atoms with E-state index in [0.29, 0.717) is 6.54 Å². The number of rotatable bonds is 2. The van der Waals surface area contributed by atoms with Crippen LogP contribution in [0, 0.1) is 11.8 Å². The Morgan fingerprint density at radius 1 is 1.14 bits per heavy atom. The number of para-hydroxylation sites is 1. The van der Waals surface area contributed by atoms with Gasteiger partial charge in [0.05, 0.1) is 18.1 Å². The zero-order valence-corrected chi connectivity index (χ0v) is 11.3. The predicted molar refractivity (Wildman–Crippen MR) is 74.9 cm³/mol. The number of carboxylic acids is 1. The third-order valence-electron chi connectivity index (χ3n) is 4.62. The average molecular weight is 285 g/mol. The molecule has 1 N–H and O–H groups in total. The van der Waals surface area contributed by atoms with Gasteiger partial charge in [0, 0.05) is 12.2 Å². The molecule has 1 aromatic rings. The Kier molecular flexibility index (Phi) is 2.65. The van der Waals surface area contributed by atoms with Gasteiger partial charge in [-0.2, -0.15) is 0 Å². The summed E-state index contributed by atoms with van der Waals surface area (Å²) in [5, 5.41) is 9.41. The summed E-state index contributed by atoms with van der Waals surface area (Å²) in [5.41, 5.74) is 2.04. The molecule has 21 heavy (non-hydrogen) atoms. The van der Waals surface area contributed by atoms with Gasteiger partial charge in [-0.15, -0.1) is 0 Å². The van der Waals surface area contributed by atoms with Crippen LogP contribution in [-0.4, -0.2) is 35.7 Å². The molecule has 0 radical (unpaired) electrons. The van der Waals surface area contributed by atoms with Crippen LogP contribution in [0.25, 0.3) is 0 Å².